The van der Waals surface area contributed by atoms with Gasteiger partial charge in [0.15, 0.2) is 0 Å². The maximum atomic E-state index is 5.88. The summed E-state index contributed by atoms with van der Waals surface area (Å²) in [6.45, 7) is 7.15. The molecule has 0 saturated carbocycles. The Bertz CT molecular complexity index is 541. The Morgan fingerprint density at radius 1 is 1.10 bits per heavy atom. The Balaban J connectivity index is 2.02. The van der Waals surface area contributed by atoms with Gasteiger partial charge in [-0.25, -0.2) is 4.98 Å². The number of aromatic nitrogens is 1. The summed E-state index contributed by atoms with van der Waals surface area (Å²) < 4.78 is 0. The second-order valence-electron chi connectivity index (χ2n) is 6.45. The number of hydrogen-bond acceptors (Lipinski definition) is 3. The molecule has 3 heteroatoms. The van der Waals surface area contributed by atoms with Gasteiger partial charge in [-0.2, -0.15) is 0 Å². The lowest BCUT2D eigenvalue weighted by Crippen LogP contribution is -2.31. The molecule has 1 unspecified atom stereocenters. The largest absolute Gasteiger partial charge is 0.366 e. The van der Waals surface area contributed by atoms with Crippen LogP contribution < -0.4 is 11.1 Å². The van der Waals surface area contributed by atoms with Crippen molar-refractivity contribution in [3.63, 3.8) is 0 Å². The van der Waals surface area contributed by atoms with Gasteiger partial charge in [-0.1, -0.05) is 57.2 Å². The monoisotopic (exact) mass is 283 g/mol. The van der Waals surface area contributed by atoms with Crippen molar-refractivity contribution >= 4 is 5.82 Å². The molecule has 0 amide bonds. The number of benzene rings is 1. The molecule has 3 nitrogen and oxygen atoms in total. The third kappa shape index (κ3) is 4.57. The van der Waals surface area contributed by atoms with Gasteiger partial charge in [0.05, 0.1) is 0 Å². The Hall–Kier alpha value is -1.87. The molecular weight excluding hydrogens is 258 g/mol. The van der Waals surface area contributed by atoms with E-state index in [1.165, 1.54) is 11.1 Å². The summed E-state index contributed by atoms with van der Waals surface area (Å²) in [5.41, 5.74) is 8.53. The third-order valence-electron chi connectivity index (χ3n) is 3.59. The standard InChI is InChI=1S/C18H25N3/c1-18(2,3)15-9-10-17(20-13-15)21-16(12-19)11-14-7-5-4-6-8-14/h4-10,13,16H,11-12,19H2,1-3H3,(H,20,21). The van der Waals surface area contributed by atoms with Gasteiger partial charge in [0, 0.05) is 18.8 Å². The minimum Gasteiger partial charge on any atom is -0.366 e. The van der Waals surface area contributed by atoms with Gasteiger partial charge in [0.1, 0.15) is 5.82 Å². The van der Waals surface area contributed by atoms with E-state index in [0.29, 0.717) is 6.54 Å². The molecule has 1 aromatic heterocycles. The van der Waals surface area contributed by atoms with Crippen LogP contribution >= 0.6 is 0 Å². The predicted octanol–water partition coefficient (Wildman–Crippen LogP) is 3.36. The molecule has 112 valence electrons. The highest BCUT2D eigenvalue weighted by molar-refractivity contribution is 5.38. The molecule has 0 aliphatic heterocycles. The SMILES string of the molecule is CC(C)(C)c1ccc(NC(CN)Cc2ccccc2)nc1. The van der Waals surface area contributed by atoms with Crippen LogP contribution in [0.1, 0.15) is 31.9 Å². The van der Waals surface area contributed by atoms with Gasteiger partial charge < -0.3 is 11.1 Å². The first-order valence-electron chi connectivity index (χ1n) is 7.46. The van der Waals surface area contributed by atoms with Crippen LogP contribution in [0.15, 0.2) is 48.7 Å². The molecule has 1 aromatic carbocycles. The molecule has 1 heterocycles. The van der Waals surface area contributed by atoms with E-state index in [1.807, 2.05) is 18.3 Å². The predicted molar refractivity (Wildman–Crippen MR) is 89.5 cm³/mol. The Labute approximate surface area is 127 Å². The Morgan fingerprint density at radius 2 is 1.81 bits per heavy atom. The molecular formula is C18H25N3. The average molecular weight is 283 g/mol. The molecule has 2 rings (SSSR count). The lowest BCUT2D eigenvalue weighted by atomic mass is 9.88. The quantitative estimate of drug-likeness (QED) is 0.884. The number of nitrogens with zero attached hydrogens (tertiary/aromatic N) is 1. The first-order valence-corrected chi connectivity index (χ1v) is 7.46. The van der Waals surface area contributed by atoms with Crippen molar-refractivity contribution in [2.75, 3.05) is 11.9 Å². The van der Waals surface area contributed by atoms with Crippen molar-refractivity contribution in [2.45, 2.75) is 38.6 Å². The number of pyridine rings is 1. The highest BCUT2D eigenvalue weighted by Crippen LogP contribution is 2.22. The molecule has 0 bridgehead atoms. The third-order valence-corrected chi connectivity index (χ3v) is 3.59. The van der Waals surface area contributed by atoms with Crippen LogP contribution in [-0.4, -0.2) is 17.6 Å². The van der Waals surface area contributed by atoms with E-state index >= 15 is 0 Å². The molecule has 0 aliphatic rings. The zero-order valence-corrected chi connectivity index (χ0v) is 13.1. The fourth-order valence-electron chi connectivity index (χ4n) is 2.22. The van der Waals surface area contributed by atoms with Crippen molar-refractivity contribution in [2.24, 2.45) is 5.73 Å². The van der Waals surface area contributed by atoms with E-state index in [9.17, 15) is 0 Å². The van der Waals surface area contributed by atoms with Crippen molar-refractivity contribution in [3.05, 3.63) is 59.8 Å². The number of nitrogens with one attached hydrogen (secondary N) is 1. The van der Waals surface area contributed by atoms with Crippen LogP contribution in [0.5, 0.6) is 0 Å². The molecule has 3 N–H and O–H groups in total. The molecule has 0 fully saturated rings. The summed E-state index contributed by atoms with van der Waals surface area (Å²) in [5.74, 6) is 0.884. The van der Waals surface area contributed by atoms with Crippen molar-refractivity contribution in [1.82, 2.24) is 4.98 Å². The molecule has 1 atom stereocenters. The van der Waals surface area contributed by atoms with E-state index < -0.39 is 0 Å². The minimum atomic E-state index is 0.128. The summed E-state index contributed by atoms with van der Waals surface area (Å²) in [7, 11) is 0. The smallest absolute Gasteiger partial charge is 0.126 e. The van der Waals surface area contributed by atoms with E-state index in [2.05, 4.69) is 61.4 Å². The topological polar surface area (TPSA) is 50.9 Å². The van der Waals surface area contributed by atoms with E-state index in [1.54, 1.807) is 0 Å². The lowest BCUT2D eigenvalue weighted by Gasteiger charge is -2.20. The van der Waals surface area contributed by atoms with E-state index in [0.717, 1.165) is 12.2 Å². The summed E-state index contributed by atoms with van der Waals surface area (Å²) in [4.78, 5) is 4.51. The Kier molecular flexibility index (Phi) is 4.97. The van der Waals surface area contributed by atoms with Crippen LogP contribution in [0.4, 0.5) is 5.82 Å². The van der Waals surface area contributed by atoms with Gasteiger partial charge in [-0.3, -0.25) is 0 Å². The fourth-order valence-corrected chi connectivity index (χ4v) is 2.22. The van der Waals surface area contributed by atoms with Gasteiger partial charge in [-0.15, -0.1) is 0 Å². The maximum Gasteiger partial charge on any atom is 0.126 e. The van der Waals surface area contributed by atoms with Crippen molar-refractivity contribution < 1.29 is 0 Å². The average Bonchev–Trinajstić information content (AvgIpc) is 2.47. The van der Waals surface area contributed by atoms with Crippen LogP contribution in [-0.2, 0) is 11.8 Å². The number of anilines is 1. The van der Waals surface area contributed by atoms with E-state index in [4.69, 9.17) is 5.73 Å². The van der Waals surface area contributed by atoms with Gasteiger partial charge in [0.2, 0.25) is 0 Å². The molecule has 2 aromatic rings. The Morgan fingerprint density at radius 3 is 2.33 bits per heavy atom. The zero-order chi connectivity index (χ0) is 15.3. The van der Waals surface area contributed by atoms with Crippen molar-refractivity contribution in [1.29, 1.82) is 0 Å². The zero-order valence-electron chi connectivity index (χ0n) is 13.1. The summed E-state index contributed by atoms with van der Waals surface area (Å²) in [6, 6.07) is 14.8. The van der Waals surface area contributed by atoms with Crippen LogP contribution in [0, 0.1) is 0 Å². The second kappa shape index (κ2) is 6.72. The van der Waals surface area contributed by atoms with Gasteiger partial charge in [0.25, 0.3) is 0 Å². The molecule has 21 heavy (non-hydrogen) atoms. The van der Waals surface area contributed by atoms with Crippen LogP contribution in [0.25, 0.3) is 0 Å². The maximum absolute atomic E-state index is 5.88. The lowest BCUT2D eigenvalue weighted by molar-refractivity contribution is 0.587. The molecule has 0 radical (unpaired) electrons. The molecule has 0 saturated heterocycles. The van der Waals surface area contributed by atoms with Gasteiger partial charge >= 0.3 is 0 Å². The normalized spacial score (nSPS) is 13.0. The summed E-state index contributed by atoms with van der Waals surface area (Å²) in [5, 5.41) is 3.42. The minimum absolute atomic E-state index is 0.128. The highest BCUT2D eigenvalue weighted by Gasteiger charge is 2.14. The number of hydrogen-bond donors (Lipinski definition) is 2. The van der Waals surface area contributed by atoms with Crippen LogP contribution in [0.3, 0.4) is 0 Å². The second-order valence-corrected chi connectivity index (χ2v) is 6.45. The fraction of sp³-hybridized carbons (Fsp3) is 0.389. The van der Waals surface area contributed by atoms with Crippen molar-refractivity contribution in [3.8, 4) is 0 Å². The van der Waals surface area contributed by atoms with Gasteiger partial charge in [-0.05, 0) is 29.0 Å². The number of nitrogens with two attached hydrogens (primary N) is 1. The van der Waals surface area contributed by atoms with E-state index in [-0.39, 0.29) is 11.5 Å². The number of rotatable bonds is 5. The summed E-state index contributed by atoms with van der Waals surface area (Å²) in [6.07, 6.45) is 2.85. The van der Waals surface area contributed by atoms with Crippen LogP contribution in [0.2, 0.25) is 0 Å². The molecule has 0 aliphatic carbocycles. The summed E-state index contributed by atoms with van der Waals surface area (Å²) >= 11 is 0. The highest BCUT2D eigenvalue weighted by atomic mass is 15.0. The first kappa shape index (κ1) is 15.5. The molecule has 0 spiro atoms. The first-order chi connectivity index (χ1) is 9.99.